The molecule has 3 heteroatoms. The van der Waals surface area contributed by atoms with Crippen LogP contribution < -0.4 is 10.1 Å². The van der Waals surface area contributed by atoms with Crippen LogP contribution in [0.1, 0.15) is 38.3 Å². The van der Waals surface area contributed by atoms with E-state index in [1.165, 1.54) is 18.4 Å². The van der Waals surface area contributed by atoms with E-state index in [0.717, 1.165) is 5.75 Å². The zero-order chi connectivity index (χ0) is 13.8. The monoisotopic (exact) mass is 263 g/mol. The summed E-state index contributed by atoms with van der Waals surface area (Å²) in [6, 6.07) is 8.44. The third kappa shape index (κ3) is 3.48. The summed E-state index contributed by atoms with van der Waals surface area (Å²) in [7, 11) is 3.80. The Balaban J connectivity index is 2.26. The van der Waals surface area contributed by atoms with Gasteiger partial charge in [-0.2, -0.15) is 0 Å². The molecule has 0 bridgehead atoms. The first kappa shape index (κ1) is 14.4. The van der Waals surface area contributed by atoms with Crippen LogP contribution in [0.2, 0.25) is 0 Å². The Labute approximate surface area is 116 Å². The number of likely N-dealkylation sites (N-methyl/N-ethyl adjacent to an activating group) is 1. The van der Waals surface area contributed by atoms with Gasteiger partial charge in [-0.25, -0.2) is 0 Å². The molecule has 19 heavy (non-hydrogen) atoms. The molecule has 106 valence electrons. The lowest BCUT2D eigenvalue weighted by Crippen LogP contribution is -2.33. The third-order valence-corrected chi connectivity index (χ3v) is 3.62. The molecule has 1 aliphatic carbocycles. The molecular formula is C16H25NO2. The fraction of sp³-hybridized carbons (Fsp3) is 0.625. The van der Waals surface area contributed by atoms with Gasteiger partial charge >= 0.3 is 0 Å². The van der Waals surface area contributed by atoms with E-state index >= 15 is 0 Å². The predicted octanol–water partition coefficient (Wildman–Crippen LogP) is 3.16. The van der Waals surface area contributed by atoms with Gasteiger partial charge in [0.1, 0.15) is 5.75 Å². The molecule has 0 aromatic heterocycles. The smallest absolute Gasteiger partial charge is 0.124 e. The second-order valence-corrected chi connectivity index (χ2v) is 5.51. The Morgan fingerprint density at radius 1 is 1.21 bits per heavy atom. The van der Waals surface area contributed by atoms with Gasteiger partial charge in [-0.1, -0.05) is 18.2 Å². The molecule has 0 aliphatic heterocycles. The molecule has 0 radical (unpaired) electrons. The van der Waals surface area contributed by atoms with Gasteiger partial charge in [-0.05, 0) is 45.7 Å². The quantitative estimate of drug-likeness (QED) is 0.819. The predicted molar refractivity (Wildman–Crippen MR) is 77.5 cm³/mol. The molecule has 2 atom stereocenters. The molecule has 1 saturated carbocycles. The summed E-state index contributed by atoms with van der Waals surface area (Å²) in [4.78, 5) is 0. The van der Waals surface area contributed by atoms with E-state index in [1.54, 1.807) is 7.11 Å². The maximum atomic E-state index is 5.93. The molecule has 1 aromatic carbocycles. The molecule has 1 aromatic rings. The van der Waals surface area contributed by atoms with Crippen molar-refractivity contribution in [2.24, 2.45) is 5.92 Å². The maximum absolute atomic E-state index is 5.93. The number of nitrogens with one attached hydrogen (secondary N) is 1. The fourth-order valence-corrected chi connectivity index (χ4v) is 2.62. The van der Waals surface area contributed by atoms with Crippen molar-refractivity contribution in [1.82, 2.24) is 5.32 Å². The minimum absolute atomic E-state index is 0.181. The Morgan fingerprint density at radius 2 is 1.89 bits per heavy atom. The van der Waals surface area contributed by atoms with Crippen molar-refractivity contribution >= 4 is 0 Å². The second-order valence-electron chi connectivity index (χ2n) is 5.51. The standard InChI is InChI=1S/C16H25NO2/c1-11(2)19-14-8-6-5-7-13(14)15(17-3)16(18-4)12-9-10-12/h5-8,11-12,15-17H,9-10H2,1-4H3. The highest BCUT2D eigenvalue weighted by atomic mass is 16.5. The minimum Gasteiger partial charge on any atom is -0.491 e. The van der Waals surface area contributed by atoms with E-state index in [0.29, 0.717) is 5.92 Å². The van der Waals surface area contributed by atoms with Crippen molar-refractivity contribution < 1.29 is 9.47 Å². The largest absolute Gasteiger partial charge is 0.491 e. The number of hydrogen-bond acceptors (Lipinski definition) is 3. The highest BCUT2D eigenvalue weighted by molar-refractivity contribution is 5.37. The first-order chi connectivity index (χ1) is 9.17. The number of rotatable bonds is 7. The fourth-order valence-electron chi connectivity index (χ4n) is 2.62. The topological polar surface area (TPSA) is 30.5 Å². The van der Waals surface area contributed by atoms with Gasteiger partial charge in [-0.3, -0.25) is 0 Å². The van der Waals surface area contributed by atoms with E-state index in [2.05, 4.69) is 31.3 Å². The summed E-state index contributed by atoms with van der Waals surface area (Å²) in [5, 5.41) is 3.40. The van der Waals surface area contributed by atoms with Gasteiger partial charge in [0, 0.05) is 12.7 Å². The summed E-state index contributed by atoms with van der Waals surface area (Å²) in [6.45, 7) is 4.11. The summed E-state index contributed by atoms with van der Waals surface area (Å²) in [5.41, 5.74) is 1.19. The van der Waals surface area contributed by atoms with Crippen LogP contribution in [0.4, 0.5) is 0 Å². The Hall–Kier alpha value is -1.06. The van der Waals surface area contributed by atoms with Crippen molar-refractivity contribution in [3.8, 4) is 5.75 Å². The SMILES string of the molecule is CNC(c1ccccc1OC(C)C)C(OC)C1CC1. The molecule has 0 saturated heterocycles. The van der Waals surface area contributed by atoms with Crippen LogP contribution >= 0.6 is 0 Å². The van der Waals surface area contributed by atoms with E-state index in [9.17, 15) is 0 Å². The maximum Gasteiger partial charge on any atom is 0.124 e. The van der Waals surface area contributed by atoms with Crippen LogP contribution in [0.3, 0.4) is 0 Å². The number of ether oxygens (including phenoxy) is 2. The van der Waals surface area contributed by atoms with Gasteiger partial charge < -0.3 is 14.8 Å². The van der Waals surface area contributed by atoms with E-state index < -0.39 is 0 Å². The van der Waals surface area contributed by atoms with Crippen LogP contribution in [0.5, 0.6) is 5.75 Å². The van der Waals surface area contributed by atoms with E-state index in [-0.39, 0.29) is 18.2 Å². The number of para-hydroxylation sites is 1. The molecule has 0 amide bonds. The minimum atomic E-state index is 0.181. The zero-order valence-electron chi connectivity index (χ0n) is 12.3. The molecule has 0 heterocycles. The van der Waals surface area contributed by atoms with Crippen LogP contribution in [0.25, 0.3) is 0 Å². The zero-order valence-corrected chi connectivity index (χ0v) is 12.3. The number of hydrogen-bond donors (Lipinski definition) is 1. The third-order valence-electron chi connectivity index (χ3n) is 3.62. The summed E-state index contributed by atoms with van der Waals surface area (Å²) in [6.07, 6.45) is 2.94. The molecule has 3 nitrogen and oxygen atoms in total. The van der Waals surface area contributed by atoms with Crippen molar-refractivity contribution in [2.45, 2.75) is 44.9 Å². The van der Waals surface area contributed by atoms with Gasteiger partial charge in [0.25, 0.3) is 0 Å². The molecule has 1 N–H and O–H groups in total. The van der Waals surface area contributed by atoms with Gasteiger partial charge in [0.2, 0.25) is 0 Å². The lowest BCUT2D eigenvalue weighted by Gasteiger charge is -2.28. The Morgan fingerprint density at radius 3 is 2.42 bits per heavy atom. The molecule has 2 unspecified atom stereocenters. The van der Waals surface area contributed by atoms with Gasteiger partial charge in [-0.15, -0.1) is 0 Å². The first-order valence-corrected chi connectivity index (χ1v) is 7.13. The average molecular weight is 263 g/mol. The first-order valence-electron chi connectivity index (χ1n) is 7.13. The Bertz CT molecular complexity index is 401. The molecular weight excluding hydrogens is 238 g/mol. The molecule has 1 aliphatic rings. The van der Waals surface area contributed by atoms with Gasteiger partial charge in [0.15, 0.2) is 0 Å². The van der Waals surface area contributed by atoms with E-state index in [1.807, 2.05) is 19.2 Å². The van der Waals surface area contributed by atoms with E-state index in [4.69, 9.17) is 9.47 Å². The van der Waals surface area contributed by atoms with Crippen molar-refractivity contribution in [3.05, 3.63) is 29.8 Å². The highest BCUT2D eigenvalue weighted by Gasteiger charge is 2.37. The lowest BCUT2D eigenvalue weighted by atomic mass is 9.97. The van der Waals surface area contributed by atoms with Crippen molar-refractivity contribution in [1.29, 1.82) is 0 Å². The van der Waals surface area contributed by atoms with Crippen molar-refractivity contribution in [2.75, 3.05) is 14.2 Å². The molecule has 0 spiro atoms. The molecule has 2 rings (SSSR count). The van der Waals surface area contributed by atoms with Crippen LogP contribution in [0.15, 0.2) is 24.3 Å². The van der Waals surface area contributed by atoms with Crippen molar-refractivity contribution in [3.63, 3.8) is 0 Å². The second kappa shape index (κ2) is 6.40. The van der Waals surface area contributed by atoms with Crippen LogP contribution in [0, 0.1) is 5.92 Å². The summed E-state index contributed by atoms with van der Waals surface area (Å²) >= 11 is 0. The van der Waals surface area contributed by atoms with Crippen LogP contribution in [-0.4, -0.2) is 26.4 Å². The summed E-state index contributed by atoms with van der Waals surface area (Å²) < 4.78 is 11.7. The van der Waals surface area contributed by atoms with Crippen LogP contribution in [-0.2, 0) is 4.74 Å². The normalized spacial score (nSPS) is 18.4. The Kier molecular flexibility index (Phi) is 4.83. The number of methoxy groups -OCH3 is 1. The highest BCUT2D eigenvalue weighted by Crippen LogP contribution is 2.41. The number of benzene rings is 1. The molecule has 1 fully saturated rings. The summed E-state index contributed by atoms with van der Waals surface area (Å²) in [5.74, 6) is 1.63. The lowest BCUT2D eigenvalue weighted by molar-refractivity contribution is 0.0517. The van der Waals surface area contributed by atoms with Gasteiger partial charge in [0.05, 0.1) is 18.2 Å². The average Bonchev–Trinajstić information content (AvgIpc) is 3.20.